The maximum Gasteiger partial charge on any atom is 0.270 e. The maximum absolute atomic E-state index is 12.7. The first kappa shape index (κ1) is 22.4. The number of anilines is 1. The van der Waals surface area contributed by atoms with Gasteiger partial charge in [-0.25, -0.2) is 13.1 Å². The Bertz CT molecular complexity index is 1180. The number of carbonyl (C=O) groups is 1. The normalized spacial score (nSPS) is 12.4. The Morgan fingerprint density at radius 1 is 1.17 bits per heavy atom. The molecule has 0 spiro atoms. The summed E-state index contributed by atoms with van der Waals surface area (Å²) in [6.07, 6.45) is 0. The van der Waals surface area contributed by atoms with Gasteiger partial charge in [-0.05, 0) is 31.2 Å². The molecular weight excluding hydrogens is 471 g/mol. The molecule has 0 unspecified atom stereocenters. The average Bonchev–Trinajstić information content (AvgIpc) is 3.17. The van der Waals surface area contributed by atoms with Gasteiger partial charge in [0.15, 0.2) is 0 Å². The van der Waals surface area contributed by atoms with Crippen LogP contribution in [0.25, 0.3) is 0 Å². The van der Waals surface area contributed by atoms with E-state index in [9.17, 15) is 13.2 Å². The molecule has 30 heavy (non-hydrogen) atoms. The molecule has 0 fully saturated rings. The molecule has 3 aromatic rings. The molecule has 3 rings (SSSR count). The second-order valence-corrected chi connectivity index (χ2v) is 9.75. The van der Waals surface area contributed by atoms with Crippen molar-refractivity contribution in [2.24, 2.45) is 0 Å². The molecule has 8 nitrogen and oxygen atoms in total. The van der Waals surface area contributed by atoms with Crippen molar-refractivity contribution in [1.29, 1.82) is 0 Å². The number of nitrogens with one attached hydrogen (secondary N) is 2. The highest BCUT2D eigenvalue weighted by molar-refractivity contribution is 7.91. The molecule has 0 radical (unpaired) electrons. The van der Waals surface area contributed by atoms with Gasteiger partial charge in [0, 0.05) is 16.6 Å². The molecule has 0 saturated carbocycles. The number of para-hydroxylation sites is 1. The minimum atomic E-state index is -3.98. The molecule has 1 heterocycles. The number of ether oxygens (including phenoxy) is 1. The van der Waals surface area contributed by atoms with Crippen molar-refractivity contribution in [1.82, 2.24) is 14.9 Å². The number of hydrogen-bond donors (Lipinski definition) is 2. The predicted octanol–water partition coefficient (Wildman–Crippen LogP) is 4.15. The Balaban J connectivity index is 1.75. The highest BCUT2D eigenvalue weighted by Gasteiger charge is 2.25. The van der Waals surface area contributed by atoms with E-state index in [1.165, 1.54) is 25.3 Å². The molecule has 1 atom stereocenters. The molecule has 0 aliphatic carbocycles. The van der Waals surface area contributed by atoms with Crippen molar-refractivity contribution >= 4 is 55.6 Å². The summed E-state index contributed by atoms with van der Waals surface area (Å²) in [6, 6.07) is 10.9. The molecule has 0 aliphatic rings. The van der Waals surface area contributed by atoms with E-state index in [0.29, 0.717) is 27.7 Å². The first-order valence-corrected chi connectivity index (χ1v) is 11.5. The molecular formula is C18H16Cl2N4O4S2. The quantitative estimate of drug-likeness (QED) is 0.485. The van der Waals surface area contributed by atoms with Crippen molar-refractivity contribution in [2.45, 2.75) is 17.3 Å². The van der Waals surface area contributed by atoms with Crippen LogP contribution in [0.3, 0.4) is 0 Å². The van der Waals surface area contributed by atoms with Crippen molar-refractivity contribution in [3.05, 3.63) is 63.6 Å². The fourth-order valence-corrected chi connectivity index (χ4v) is 5.21. The predicted molar refractivity (Wildman–Crippen MR) is 116 cm³/mol. The van der Waals surface area contributed by atoms with Gasteiger partial charge in [-0.15, -0.1) is 10.2 Å². The van der Waals surface area contributed by atoms with Crippen LogP contribution < -0.4 is 14.8 Å². The van der Waals surface area contributed by atoms with Crippen LogP contribution in [0.5, 0.6) is 5.75 Å². The summed E-state index contributed by atoms with van der Waals surface area (Å²) >= 11 is 12.6. The van der Waals surface area contributed by atoms with Gasteiger partial charge in [0.05, 0.1) is 17.7 Å². The fourth-order valence-electron chi connectivity index (χ4n) is 2.58. The number of methoxy groups -OCH3 is 1. The van der Waals surface area contributed by atoms with E-state index in [1.807, 2.05) is 0 Å². The molecule has 12 heteroatoms. The van der Waals surface area contributed by atoms with Crippen molar-refractivity contribution in [3.63, 3.8) is 0 Å². The minimum absolute atomic E-state index is 0.0105. The maximum atomic E-state index is 12.7. The summed E-state index contributed by atoms with van der Waals surface area (Å²) < 4.78 is 32.9. The number of aromatic nitrogens is 2. The Kier molecular flexibility index (Phi) is 6.94. The van der Waals surface area contributed by atoms with E-state index in [2.05, 4.69) is 20.2 Å². The van der Waals surface area contributed by atoms with Crippen LogP contribution in [0.2, 0.25) is 10.0 Å². The zero-order valence-corrected chi connectivity index (χ0v) is 18.9. The zero-order valence-electron chi connectivity index (χ0n) is 15.7. The van der Waals surface area contributed by atoms with E-state index in [1.54, 1.807) is 31.2 Å². The van der Waals surface area contributed by atoms with Crippen LogP contribution in [-0.4, -0.2) is 31.6 Å². The van der Waals surface area contributed by atoms with E-state index < -0.39 is 22.0 Å². The first-order valence-electron chi connectivity index (χ1n) is 8.46. The number of carbonyl (C=O) groups excluding carboxylic acids is 1. The van der Waals surface area contributed by atoms with Crippen LogP contribution in [0.1, 0.15) is 28.9 Å². The smallest absolute Gasteiger partial charge is 0.270 e. The van der Waals surface area contributed by atoms with Crippen LogP contribution in [0.4, 0.5) is 5.13 Å². The Hall–Kier alpha value is -2.24. The van der Waals surface area contributed by atoms with Crippen molar-refractivity contribution < 1.29 is 17.9 Å². The number of hydrogen-bond acceptors (Lipinski definition) is 7. The zero-order chi connectivity index (χ0) is 21.9. The van der Waals surface area contributed by atoms with Crippen LogP contribution in [0.15, 0.2) is 46.8 Å². The Morgan fingerprint density at radius 2 is 1.90 bits per heavy atom. The minimum Gasteiger partial charge on any atom is -0.496 e. The standard InChI is InChI=1S/C18H16Cl2N4O4S2/c1-10(12-5-3-4-6-15(12)28-2)24-30(26,27)18-23-22-17(29-18)21-16(25)13-8-7-11(19)9-14(13)20/h3-10,24H,1-2H3,(H,21,22,25)/t10-/m1/s1. The summed E-state index contributed by atoms with van der Waals surface area (Å²) in [5.74, 6) is -0.00938. The number of benzene rings is 2. The lowest BCUT2D eigenvalue weighted by molar-refractivity contribution is 0.102. The second kappa shape index (κ2) is 9.27. The van der Waals surface area contributed by atoms with Gasteiger partial charge >= 0.3 is 0 Å². The average molecular weight is 487 g/mol. The van der Waals surface area contributed by atoms with E-state index >= 15 is 0 Å². The molecule has 0 saturated heterocycles. The molecule has 2 aromatic carbocycles. The lowest BCUT2D eigenvalue weighted by Gasteiger charge is -2.16. The van der Waals surface area contributed by atoms with Crippen molar-refractivity contribution in [2.75, 3.05) is 12.4 Å². The topological polar surface area (TPSA) is 110 Å². The highest BCUT2D eigenvalue weighted by Crippen LogP contribution is 2.28. The van der Waals surface area contributed by atoms with Gasteiger partial charge in [0.25, 0.3) is 15.9 Å². The number of sulfonamides is 1. The summed E-state index contributed by atoms with van der Waals surface area (Å²) in [6.45, 7) is 1.68. The molecule has 2 N–H and O–H groups in total. The number of nitrogens with zero attached hydrogens (tertiary/aromatic N) is 2. The molecule has 0 bridgehead atoms. The lowest BCUT2D eigenvalue weighted by atomic mass is 10.1. The summed E-state index contributed by atoms with van der Waals surface area (Å²) in [7, 11) is -2.47. The van der Waals surface area contributed by atoms with E-state index in [4.69, 9.17) is 27.9 Å². The molecule has 158 valence electrons. The number of rotatable bonds is 7. The monoisotopic (exact) mass is 486 g/mol. The highest BCUT2D eigenvalue weighted by atomic mass is 35.5. The lowest BCUT2D eigenvalue weighted by Crippen LogP contribution is -2.27. The van der Waals surface area contributed by atoms with Gasteiger partial charge in [-0.2, -0.15) is 0 Å². The van der Waals surface area contributed by atoms with E-state index in [-0.39, 0.29) is 20.1 Å². The van der Waals surface area contributed by atoms with Crippen molar-refractivity contribution in [3.8, 4) is 5.75 Å². The largest absolute Gasteiger partial charge is 0.496 e. The fraction of sp³-hybridized carbons (Fsp3) is 0.167. The molecule has 0 aliphatic heterocycles. The number of amides is 1. The van der Waals surface area contributed by atoms with Gasteiger partial charge in [0.2, 0.25) is 9.47 Å². The van der Waals surface area contributed by atoms with E-state index in [0.717, 1.165) is 0 Å². The third-order valence-electron chi connectivity index (χ3n) is 3.97. The van der Waals surface area contributed by atoms with Gasteiger partial charge in [-0.1, -0.05) is 52.7 Å². The summed E-state index contributed by atoms with van der Waals surface area (Å²) in [5.41, 5.74) is 0.836. The summed E-state index contributed by atoms with van der Waals surface area (Å²) in [4.78, 5) is 12.4. The Labute approximate surface area is 187 Å². The summed E-state index contributed by atoms with van der Waals surface area (Å²) in [5, 5.41) is 10.4. The van der Waals surface area contributed by atoms with Crippen LogP contribution in [-0.2, 0) is 10.0 Å². The third-order valence-corrected chi connectivity index (χ3v) is 7.26. The van der Waals surface area contributed by atoms with Gasteiger partial charge < -0.3 is 4.74 Å². The molecule has 1 aromatic heterocycles. The van der Waals surface area contributed by atoms with Crippen LogP contribution >= 0.6 is 34.5 Å². The van der Waals surface area contributed by atoms with Gasteiger partial charge in [0.1, 0.15) is 5.75 Å². The number of halogens is 2. The molecule has 1 amide bonds. The first-order chi connectivity index (χ1) is 14.2. The second-order valence-electron chi connectivity index (χ2n) is 6.04. The van der Waals surface area contributed by atoms with Crippen LogP contribution in [0, 0.1) is 0 Å². The Morgan fingerprint density at radius 3 is 2.60 bits per heavy atom. The third kappa shape index (κ3) is 5.08. The SMILES string of the molecule is COc1ccccc1[C@@H](C)NS(=O)(=O)c1nnc(NC(=O)c2ccc(Cl)cc2Cl)s1. The van der Waals surface area contributed by atoms with Gasteiger partial charge in [-0.3, -0.25) is 10.1 Å².